The zero-order chi connectivity index (χ0) is 13.8. The Morgan fingerprint density at radius 1 is 1.20 bits per heavy atom. The average Bonchev–Trinajstić information content (AvgIpc) is 2.78. The standard InChI is InChI=1S/C16H24FN3/c17-14-4-1-5-15(12-14)18-7-11-19-8-3-10-20-9-2-6-16(20)13-19/h1,4-5,12,16,18H,2-3,6-11,13H2. The molecular weight excluding hydrogens is 253 g/mol. The van der Waals surface area contributed by atoms with E-state index in [1.165, 1.54) is 51.5 Å². The molecule has 0 aromatic heterocycles. The molecule has 2 saturated heterocycles. The highest BCUT2D eigenvalue weighted by atomic mass is 19.1. The first-order valence-corrected chi connectivity index (χ1v) is 7.77. The number of rotatable bonds is 4. The summed E-state index contributed by atoms with van der Waals surface area (Å²) in [5.74, 6) is -0.175. The van der Waals surface area contributed by atoms with Gasteiger partial charge in [0.25, 0.3) is 0 Å². The van der Waals surface area contributed by atoms with Crippen molar-refractivity contribution in [3.8, 4) is 0 Å². The highest BCUT2D eigenvalue weighted by molar-refractivity contribution is 5.42. The van der Waals surface area contributed by atoms with Crippen LogP contribution < -0.4 is 5.32 Å². The molecule has 2 fully saturated rings. The van der Waals surface area contributed by atoms with Gasteiger partial charge in [0, 0.05) is 31.4 Å². The van der Waals surface area contributed by atoms with Crippen molar-refractivity contribution in [3.05, 3.63) is 30.1 Å². The Labute approximate surface area is 120 Å². The van der Waals surface area contributed by atoms with Crippen LogP contribution in [0.4, 0.5) is 10.1 Å². The fourth-order valence-corrected chi connectivity index (χ4v) is 3.44. The first-order valence-electron chi connectivity index (χ1n) is 7.77. The Balaban J connectivity index is 1.46. The number of hydrogen-bond donors (Lipinski definition) is 1. The van der Waals surface area contributed by atoms with E-state index in [1.54, 1.807) is 12.1 Å². The van der Waals surface area contributed by atoms with Crippen molar-refractivity contribution in [2.45, 2.75) is 25.3 Å². The number of fused-ring (bicyclic) bond motifs is 1. The van der Waals surface area contributed by atoms with Gasteiger partial charge in [0.2, 0.25) is 0 Å². The largest absolute Gasteiger partial charge is 0.384 e. The summed E-state index contributed by atoms with van der Waals surface area (Å²) in [5, 5.41) is 3.32. The predicted molar refractivity (Wildman–Crippen MR) is 80.5 cm³/mol. The second-order valence-electron chi connectivity index (χ2n) is 5.92. The number of benzene rings is 1. The van der Waals surface area contributed by atoms with Crippen molar-refractivity contribution in [2.24, 2.45) is 0 Å². The lowest BCUT2D eigenvalue weighted by molar-refractivity contribution is 0.224. The van der Waals surface area contributed by atoms with Crippen LogP contribution in [0.5, 0.6) is 0 Å². The third kappa shape index (κ3) is 3.49. The molecular formula is C16H24FN3. The van der Waals surface area contributed by atoms with Gasteiger partial charge in [-0.2, -0.15) is 0 Å². The van der Waals surface area contributed by atoms with E-state index in [9.17, 15) is 4.39 Å². The minimum absolute atomic E-state index is 0.175. The number of anilines is 1. The smallest absolute Gasteiger partial charge is 0.125 e. The summed E-state index contributed by atoms with van der Waals surface area (Å²) in [6, 6.07) is 7.48. The summed E-state index contributed by atoms with van der Waals surface area (Å²) in [4.78, 5) is 5.21. The maximum absolute atomic E-state index is 13.1. The molecule has 0 bridgehead atoms. The molecule has 4 heteroatoms. The molecule has 2 aliphatic heterocycles. The van der Waals surface area contributed by atoms with Crippen LogP contribution in [0.25, 0.3) is 0 Å². The highest BCUT2D eigenvalue weighted by Crippen LogP contribution is 2.21. The summed E-state index contributed by atoms with van der Waals surface area (Å²) < 4.78 is 13.1. The minimum Gasteiger partial charge on any atom is -0.384 e. The molecule has 3 nitrogen and oxygen atoms in total. The van der Waals surface area contributed by atoms with Crippen LogP contribution in [-0.4, -0.2) is 55.1 Å². The van der Waals surface area contributed by atoms with Crippen LogP contribution >= 0.6 is 0 Å². The molecule has 1 unspecified atom stereocenters. The molecule has 1 aromatic carbocycles. The van der Waals surface area contributed by atoms with Crippen molar-refractivity contribution in [3.63, 3.8) is 0 Å². The fourth-order valence-electron chi connectivity index (χ4n) is 3.44. The zero-order valence-electron chi connectivity index (χ0n) is 12.0. The molecule has 110 valence electrons. The van der Waals surface area contributed by atoms with Crippen molar-refractivity contribution in [2.75, 3.05) is 44.6 Å². The molecule has 1 atom stereocenters. The first kappa shape index (κ1) is 13.8. The third-order valence-electron chi connectivity index (χ3n) is 4.47. The Bertz CT molecular complexity index is 437. The van der Waals surface area contributed by atoms with Gasteiger partial charge in [-0.25, -0.2) is 4.39 Å². The van der Waals surface area contributed by atoms with E-state index in [1.807, 2.05) is 6.07 Å². The normalized spacial score (nSPS) is 24.4. The number of halogens is 1. The van der Waals surface area contributed by atoms with E-state index < -0.39 is 0 Å². The zero-order valence-corrected chi connectivity index (χ0v) is 12.0. The van der Waals surface area contributed by atoms with E-state index in [4.69, 9.17) is 0 Å². The van der Waals surface area contributed by atoms with Gasteiger partial charge in [-0.15, -0.1) is 0 Å². The van der Waals surface area contributed by atoms with E-state index >= 15 is 0 Å². The quantitative estimate of drug-likeness (QED) is 0.912. The topological polar surface area (TPSA) is 18.5 Å². The monoisotopic (exact) mass is 277 g/mol. The summed E-state index contributed by atoms with van der Waals surface area (Å²) >= 11 is 0. The van der Waals surface area contributed by atoms with Gasteiger partial charge in [-0.3, -0.25) is 9.80 Å². The number of hydrogen-bond acceptors (Lipinski definition) is 3. The molecule has 0 radical (unpaired) electrons. The summed E-state index contributed by atoms with van der Waals surface area (Å²) in [6.45, 7) is 6.87. The lowest BCUT2D eigenvalue weighted by Crippen LogP contribution is -2.38. The van der Waals surface area contributed by atoms with Crippen LogP contribution in [-0.2, 0) is 0 Å². The Morgan fingerprint density at radius 2 is 2.10 bits per heavy atom. The predicted octanol–water partition coefficient (Wildman–Crippen LogP) is 2.41. The molecule has 0 amide bonds. The SMILES string of the molecule is Fc1cccc(NCCN2CCCN3CCCC3C2)c1. The van der Waals surface area contributed by atoms with E-state index in [0.29, 0.717) is 0 Å². The van der Waals surface area contributed by atoms with Gasteiger partial charge in [-0.05, 0) is 57.1 Å². The molecule has 20 heavy (non-hydrogen) atoms. The van der Waals surface area contributed by atoms with Crippen molar-refractivity contribution < 1.29 is 4.39 Å². The van der Waals surface area contributed by atoms with Crippen LogP contribution in [0.1, 0.15) is 19.3 Å². The summed E-state index contributed by atoms with van der Waals surface area (Å²) in [5.41, 5.74) is 0.877. The first-order chi connectivity index (χ1) is 9.81. The van der Waals surface area contributed by atoms with Gasteiger partial charge in [0.05, 0.1) is 0 Å². The van der Waals surface area contributed by atoms with Gasteiger partial charge in [0.15, 0.2) is 0 Å². The van der Waals surface area contributed by atoms with Crippen LogP contribution in [0.15, 0.2) is 24.3 Å². The fraction of sp³-hybridized carbons (Fsp3) is 0.625. The van der Waals surface area contributed by atoms with Crippen LogP contribution in [0.2, 0.25) is 0 Å². The maximum Gasteiger partial charge on any atom is 0.125 e. The molecule has 1 N–H and O–H groups in total. The van der Waals surface area contributed by atoms with Crippen molar-refractivity contribution in [1.29, 1.82) is 0 Å². The van der Waals surface area contributed by atoms with E-state index in [0.717, 1.165) is 24.8 Å². The van der Waals surface area contributed by atoms with Crippen LogP contribution in [0.3, 0.4) is 0 Å². The Morgan fingerprint density at radius 3 is 3.00 bits per heavy atom. The summed E-state index contributed by atoms with van der Waals surface area (Å²) in [7, 11) is 0. The van der Waals surface area contributed by atoms with Crippen molar-refractivity contribution in [1.82, 2.24) is 9.80 Å². The number of nitrogens with one attached hydrogen (secondary N) is 1. The van der Waals surface area contributed by atoms with Gasteiger partial charge < -0.3 is 5.32 Å². The molecule has 0 aliphatic carbocycles. The second kappa shape index (κ2) is 6.55. The molecule has 1 aromatic rings. The third-order valence-corrected chi connectivity index (χ3v) is 4.47. The van der Waals surface area contributed by atoms with Gasteiger partial charge in [-0.1, -0.05) is 6.07 Å². The lowest BCUT2D eigenvalue weighted by atomic mass is 10.2. The average molecular weight is 277 g/mol. The summed E-state index contributed by atoms with van der Waals surface area (Å²) in [6.07, 6.45) is 3.99. The molecule has 3 rings (SSSR count). The van der Waals surface area contributed by atoms with Crippen LogP contribution in [0, 0.1) is 5.82 Å². The molecule has 2 aliphatic rings. The molecule has 0 spiro atoms. The van der Waals surface area contributed by atoms with Gasteiger partial charge in [0.1, 0.15) is 5.82 Å². The molecule has 0 saturated carbocycles. The lowest BCUT2D eigenvalue weighted by Gasteiger charge is -2.25. The highest BCUT2D eigenvalue weighted by Gasteiger charge is 2.28. The van der Waals surface area contributed by atoms with E-state index in [-0.39, 0.29) is 5.82 Å². The second-order valence-corrected chi connectivity index (χ2v) is 5.92. The van der Waals surface area contributed by atoms with Crippen molar-refractivity contribution >= 4 is 5.69 Å². The Kier molecular flexibility index (Phi) is 4.53. The van der Waals surface area contributed by atoms with E-state index in [2.05, 4.69) is 15.1 Å². The minimum atomic E-state index is -0.175. The van der Waals surface area contributed by atoms with Gasteiger partial charge >= 0.3 is 0 Å². The molecule has 2 heterocycles. The maximum atomic E-state index is 13.1. The number of nitrogens with zero attached hydrogens (tertiary/aromatic N) is 2. The Hall–Kier alpha value is -1.13.